The third kappa shape index (κ3) is 3.19. The summed E-state index contributed by atoms with van der Waals surface area (Å²) in [6.45, 7) is 4.79. The monoisotopic (exact) mass is 237 g/mol. The molecule has 17 heavy (non-hydrogen) atoms. The molecule has 0 aliphatic carbocycles. The maximum Gasteiger partial charge on any atom is 0.146 e. The Morgan fingerprint density at radius 2 is 2.29 bits per heavy atom. The first-order valence-electron chi connectivity index (χ1n) is 6.33. The number of nitrogens with one attached hydrogen (secondary N) is 1. The Kier molecular flexibility index (Phi) is 4.00. The van der Waals surface area contributed by atoms with Crippen LogP contribution in [-0.4, -0.2) is 18.8 Å². The van der Waals surface area contributed by atoms with Crippen LogP contribution in [0.1, 0.15) is 31.7 Å². The fraction of sp³-hybridized carbons (Fsp3) is 0.571. The van der Waals surface area contributed by atoms with E-state index in [1.807, 2.05) is 19.1 Å². The number of benzene rings is 1. The molecule has 0 radical (unpaired) electrons. The van der Waals surface area contributed by atoms with E-state index in [0.717, 1.165) is 31.4 Å². The van der Waals surface area contributed by atoms with Crippen molar-refractivity contribution in [2.75, 3.05) is 11.9 Å². The van der Waals surface area contributed by atoms with Crippen molar-refractivity contribution in [3.05, 3.63) is 29.6 Å². The second kappa shape index (κ2) is 5.50. The molecule has 94 valence electrons. The standard InChI is InChI=1S/C14H20FNO/c1-3-12-9-11(6-7-17-12)16-14-5-4-10(2)8-13(14)15/h4-5,8,11-12,16H,3,6-7,9H2,1-2H3. The summed E-state index contributed by atoms with van der Waals surface area (Å²) in [6, 6.07) is 5.65. The van der Waals surface area contributed by atoms with Gasteiger partial charge in [0.1, 0.15) is 5.82 Å². The highest BCUT2D eigenvalue weighted by Gasteiger charge is 2.21. The Morgan fingerprint density at radius 1 is 1.47 bits per heavy atom. The summed E-state index contributed by atoms with van der Waals surface area (Å²) in [5.74, 6) is -0.162. The van der Waals surface area contributed by atoms with Crippen LogP contribution in [0.2, 0.25) is 0 Å². The van der Waals surface area contributed by atoms with E-state index in [1.54, 1.807) is 6.07 Å². The van der Waals surface area contributed by atoms with Gasteiger partial charge >= 0.3 is 0 Å². The quantitative estimate of drug-likeness (QED) is 0.868. The molecule has 3 heteroatoms. The van der Waals surface area contributed by atoms with Crippen LogP contribution in [-0.2, 0) is 4.74 Å². The van der Waals surface area contributed by atoms with Crippen LogP contribution in [0.4, 0.5) is 10.1 Å². The summed E-state index contributed by atoms with van der Waals surface area (Å²) in [5, 5.41) is 3.29. The minimum Gasteiger partial charge on any atom is -0.380 e. The van der Waals surface area contributed by atoms with Crippen LogP contribution < -0.4 is 5.32 Å². The van der Waals surface area contributed by atoms with Gasteiger partial charge < -0.3 is 10.1 Å². The van der Waals surface area contributed by atoms with Crippen molar-refractivity contribution < 1.29 is 9.13 Å². The maximum atomic E-state index is 13.7. The molecule has 1 N–H and O–H groups in total. The number of rotatable bonds is 3. The SMILES string of the molecule is CCC1CC(Nc2ccc(C)cc2F)CCO1. The molecule has 0 saturated carbocycles. The molecular weight excluding hydrogens is 217 g/mol. The summed E-state index contributed by atoms with van der Waals surface area (Å²) in [5.41, 5.74) is 1.56. The van der Waals surface area contributed by atoms with Gasteiger partial charge in [-0.15, -0.1) is 0 Å². The van der Waals surface area contributed by atoms with Crippen LogP contribution in [0.15, 0.2) is 18.2 Å². The molecule has 1 aromatic rings. The first kappa shape index (κ1) is 12.4. The second-order valence-corrected chi connectivity index (χ2v) is 4.75. The molecular formula is C14H20FNO. The van der Waals surface area contributed by atoms with E-state index in [4.69, 9.17) is 4.74 Å². The topological polar surface area (TPSA) is 21.3 Å². The van der Waals surface area contributed by atoms with Gasteiger partial charge in [0.2, 0.25) is 0 Å². The number of aryl methyl sites for hydroxylation is 1. The van der Waals surface area contributed by atoms with E-state index in [1.165, 1.54) is 0 Å². The average molecular weight is 237 g/mol. The van der Waals surface area contributed by atoms with E-state index >= 15 is 0 Å². The maximum absolute atomic E-state index is 13.7. The molecule has 1 aliphatic rings. The molecule has 0 amide bonds. The van der Waals surface area contributed by atoms with Crippen molar-refractivity contribution >= 4 is 5.69 Å². The van der Waals surface area contributed by atoms with Gasteiger partial charge in [0.25, 0.3) is 0 Å². The summed E-state index contributed by atoms with van der Waals surface area (Å²) < 4.78 is 19.3. The Hall–Kier alpha value is -1.09. The Balaban J connectivity index is 2.00. The number of ether oxygens (including phenoxy) is 1. The van der Waals surface area contributed by atoms with Gasteiger partial charge in [-0.05, 0) is 43.9 Å². The molecule has 0 bridgehead atoms. The lowest BCUT2D eigenvalue weighted by atomic mass is 10.0. The molecule has 2 nitrogen and oxygen atoms in total. The lowest BCUT2D eigenvalue weighted by molar-refractivity contribution is 0.00921. The van der Waals surface area contributed by atoms with Crippen LogP contribution in [0.25, 0.3) is 0 Å². The normalized spacial score (nSPS) is 24.6. The molecule has 1 fully saturated rings. The number of hydrogen-bond acceptors (Lipinski definition) is 2. The third-order valence-corrected chi connectivity index (χ3v) is 3.31. The van der Waals surface area contributed by atoms with Gasteiger partial charge in [0.05, 0.1) is 11.8 Å². The molecule has 2 atom stereocenters. The number of hydrogen-bond donors (Lipinski definition) is 1. The Bertz CT molecular complexity index is 380. The van der Waals surface area contributed by atoms with E-state index < -0.39 is 0 Å². The zero-order valence-corrected chi connectivity index (χ0v) is 10.5. The van der Waals surface area contributed by atoms with Crippen LogP contribution in [0, 0.1) is 12.7 Å². The van der Waals surface area contributed by atoms with E-state index in [9.17, 15) is 4.39 Å². The number of halogens is 1. The lowest BCUT2D eigenvalue weighted by Gasteiger charge is -2.30. The molecule has 1 aliphatic heterocycles. The summed E-state index contributed by atoms with van der Waals surface area (Å²) >= 11 is 0. The highest BCUT2D eigenvalue weighted by molar-refractivity contribution is 5.47. The molecule has 0 spiro atoms. The van der Waals surface area contributed by atoms with E-state index in [-0.39, 0.29) is 5.82 Å². The van der Waals surface area contributed by atoms with Gasteiger partial charge in [-0.3, -0.25) is 0 Å². The highest BCUT2D eigenvalue weighted by Crippen LogP contribution is 2.22. The van der Waals surface area contributed by atoms with E-state index in [0.29, 0.717) is 17.8 Å². The van der Waals surface area contributed by atoms with E-state index in [2.05, 4.69) is 12.2 Å². The van der Waals surface area contributed by atoms with Crippen molar-refractivity contribution in [3.63, 3.8) is 0 Å². The summed E-state index contributed by atoms with van der Waals surface area (Å²) in [6.07, 6.45) is 3.25. The second-order valence-electron chi connectivity index (χ2n) is 4.75. The minimum absolute atomic E-state index is 0.162. The van der Waals surface area contributed by atoms with Gasteiger partial charge in [0, 0.05) is 12.6 Å². The fourth-order valence-electron chi connectivity index (χ4n) is 2.25. The van der Waals surface area contributed by atoms with Crippen LogP contribution >= 0.6 is 0 Å². The van der Waals surface area contributed by atoms with Crippen molar-refractivity contribution in [2.24, 2.45) is 0 Å². The highest BCUT2D eigenvalue weighted by atomic mass is 19.1. The van der Waals surface area contributed by atoms with Crippen molar-refractivity contribution in [2.45, 2.75) is 45.3 Å². The van der Waals surface area contributed by atoms with Crippen molar-refractivity contribution in [1.82, 2.24) is 0 Å². The largest absolute Gasteiger partial charge is 0.380 e. The molecule has 2 rings (SSSR count). The predicted octanol–water partition coefficient (Wildman–Crippen LogP) is 3.50. The van der Waals surface area contributed by atoms with Gasteiger partial charge in [0.15, 0.2) is 0 Å². The first-order chi connectivity index (χ1) is 8.19. The van der Waals surface area contributed by atoms with Gasteiger partial charge in [-0.25, -0.2) is 4.39 Å². The smallest absolute Gasteiger partial charge is 0.146 e. The van der Waals surface area contributed by atoms with Gasteiger partial charge in [-0.1, -0.05) is 13.0 Å². The molecule has 2 unspecified atom stereocenters. The lowest BCUT2D eigenvalue weighted by Crippen LogP contribution is -2.33. The third-order valence-electron chi connectivity index (χ3n) is 3.31. The van der Waals surface area contributed by atoms with Gasteiger partial charge in [-0.2, -0.15) is 0 Å². The first-order valence-corrected chi connectivity index (χ1v) is 6.33. The Morgan fingerprint density at radius 3 is 3.00 bits per heavy atom. The summed E-state index contributed by atoms with van der Waals surface area (Å²) in [7, 11) is 0. The van der Waals surface area contributed by atoms with Crippen LogP contribution in [0.5, 0.6) is 0 Å². The zero-order chi connectivity index (χ0) is 12.3. The molecule has 0 aromatic heterocycles. The predicted molar refractivity (Wildman–Crippen MR) is 67.8 cm³/mol. The summed E-state index contributed by atoms with van der Waals surface area (Å²) in [4.78, 5) is 0. The molecule has 1 saturated heterocycles. The Labute approximate surface area is 102 Å². The van der Waals surface area contributed by atoms with Crippen molar-refractivity contribution in [3.8, 4) is 0 Å². The van der Waals surface area contributed by atoms with Crippen molar-refractivity contribution in [1.29, 1.82) is 0 Å². The minimum atomic E-state index is -0.162. The molecule has 1 aromatic carbocycles. The fourth-order valence-corrected chi connectivity index (χ4v) is 2.25. The van der Waals surface area contributed by atoms with Crippen LogP contribution in [0.3, 0.4) is 0 Å². The average Bonchev–Trinajstić information content (AvgIpc) is 2.33. The molecule has 1 heterocycles. The number of anilines is 1. The zero-order valence-electron chi connectivity index (χ0n) is 10.5.